The van der Waals surface area contributed by atoms with Gasteiger partial charge in [-0.1, -0.05) is 54.6 Å². The summed E-state index contributed by atoms with van der Waals surface area (Å²) < 4.78 is 0. The highest BCUT2D eigenvalue weighted by Gasteiger charge is 2.26. The molecule has 1 aliphatic heterocycles. The Morgan fingerprint density at radius 2 is 1.54 bits per heavy atom. The standard InChI is InChI=1S/C23H20N2O/c24-16-19-10-11-22(21-9-5-4-8-20(19)21)25-14-12-18(13-15-25)23(26)17-6-2-1-3-7-17/h1-11,18H,12-15H2. The Bertz CT molecular complexity index is 980. The number of carbonyl (C=O) groups excluding carboxylic acids is 1. The van der Waals surface area contributed by atoms with Crippen molar-refractivity contribution in [2.75, 3.05) is 18.0 Å². The lowest BCUT2D eigenvalue weighted by Crippen LogP contribution is -2.36. The van der Waals surface area contributed by atoms with E-state index in [0.717, 1.165) is 48.0 Å². The van der Waals surface area contributed by atoms with Crippen LogP contribution in [0, 0.1) is 17.2 Å². The molecule has 0 radical (unpaired) electrons. The van der Waals surface area contributed by atoms with Crippen LogP contribution in [0.4, 0.5) is 5.69 Å². The minimum absolute atomic E-state index is 0.0956. The first-order valence-electron chi connectivity index (χ1n) is 9.04. The lowest BCUT2D eigenvalue weighted by molar-refractivity contribution is 0.0900. The van der Waals surface area contributed by atoms with Gasteiger partial charge in [0.1, 0.15) is 0 Å². The van der Waals surface area contributed by atoms with Gasteiger partial charge >= 0.3 is 0 Å². The molecular weight excluding hydrogens is 320 g/mol. The molecule has 0 unspecified atom stereocenters. The molecule has 3 heteroatoms. The fourth-order valence-corrected chi connectivity index (χ4v) is 3.88. The van der Waals surface area contributed by atoms with Gasteiger partial charge in [0, 0.05) is 41.0 Å². The molecule has 1 aliphatic rings. The quantitative estimate of drug-likeness (QED) is 0.643. The summed E-state index contributed by atoms with van der Waals surface area (Å²) in [7, 11) is 0. The predicted octanol–water partition coefficient (Wildman–Crippen LogP) is 4.81. The molecule has 4 rings (SSSR count). The third-order valence-corrected chi connectivity index (χ3v) is 5.29. The van der Waals surface area contributed by atoms with E-state index in [-0.39, 0.29) is 11.7 Å². The fraction of sp³-hybridized carbons (Fsp3) is 0.217. The van der Waals surface area contributed by atoms with Crippen molar-refractivity contribution in [1.82, 2.24) is 0 Å². The largest absolute Gasteiger partial charge is 0.371 e. The zero-order chi connectivity index (χ0) is 17.9. The highest BCUT2D eigenvalue weighted by atomic mass is 16.1. The number of nitrogens with zero attached hydrogens (tertiary/aromatic N) is 2. The maximum Gasteiger partial charge on any atom is 0.166 e. The van der Waals surface area contributed by atoms with Crippen molar-refractivity contribution >= 4 is 22.2 Å². The van der Waals surface area contributed by atoms with Crippen molar-refractivity contribution in [2.24, 2.45) is 5.92 Å². The number of nitriles is 1. The zero-order valence-electron chi connectivity index (χ0n) is 14.6. The van der Waals surface area contributed by atoms with E-state index in [1.165, 1.54) is 0 Å². The number of hydrogen-bond donors (Lipinski definition) is 0. The number of anilines is 1. The monoisotopic (exact) mass is 340 g/mol. The number of piperidine rings is 1. The van der Waals surface area contributed by atoms with Crippen LogP contribution in [0.3, 0.4) is 0 Å². The molecular formula is C23H20N2O. The summed E-state index contributed by atoms with van der Waals surface area (Å²) in [6.07, 6.45) is 1.73. The van der Waals surface area contributed by atoms with E-state index >= 15 is 0 Å². The van der Waals surface area contributed by atoms with Crippen LogP contribution < -0.4 is 4.90 Å². The van der Waals surface area contributed by atoms with E-state index in [0.29, 0.717) is 5.56 Å². The van der Waals surface area contributed by atoms with Gasteiger partial charge < -0.3 is 4.90 Å². The van der Waals surface area contributed by atoms with Crippen LogP contribution in [-0.4, -0.2) is 18.9 Å². The van der Waals surface area contributed by atoms with Gasteiger partial charge in [0.05, 0.1) is 11.6 Å². The van der Waals surface area contributed by atoms with Gasteiger partial charge in [0.15, 0.2) is 5.78 Å². The molecule has 128 valence electrons. The summed E-state index contributed by atoms with van der Waals surface area (Å²) in [5, 5.41) is 11.4. The molecule has 0 amide bonds. The highest BCUT2D eigenvalue weighted by Crippen LogP contribution is 2.32. The third kappa shape index (κ3) is 2.95. The second-order valence-corrected chi connectivity index (χ2v) is 6.78. The molecule has 3 aromatic carbocycles. The van der Waals surface area contributed by atoms with E-state index in [1.54, 1.807) is 0 Å². The smallest absolute Gasteiger partial charge is 0.166 e. The second kappa shape index (κ2) is 7.01. The molecule has 0 aromatic heterocycles. The first-order valence-corrected chi connectivity index (χ1v) is 9.04. The molecule has 1 fully saturated rings. The average molecular weight is 340 g/mol. The minimum atomic E-state index is 0.0956. The van der Waals surface area contributed by atoms with Gasteiger partial charge in [-0.25, -0.2) is 0 Å². The van der Waals surface area contributed by atoms with E-state index in [9.17, 15) is 10.1 Å². The van der Waals surface area contributed by atoms with Crippen molar-refractivity contribution in [2.45, 2.75) is 12.8 Å². The molecule has 0 atom stereocenters. The Labute approximate surface area is 153 Å². The normalized spacial score (nSPS) is 15.0. The van der Waals surface area contributed by atoms with E-state index in [1.807, 2.05) is 60.7 Å². The summed E-state index contributed by atoms with van der Waals surface area (Å²) in [4.78, 5) is 15.0. The number of hydrogen-bond acceptors (Lipinski definition) is 3. The van der Waals surface area contributed by atoms with Gasteiger partial charge in [-0.3, -0.25) is 4.79 Å². The zero-order valence-corrected chi connectivity index (χ0v) is 14.6. The molecule has 1 saturated heterocycles. The van der Waals surface area contributed by atoms with E-state index in [4.69, 9.17) is 0 Å². The lowest BCUT2D eigenvalue weighted by atomic mass is 9.88. The molecule has 0 bridgehead atoms. The lowest BCUT2D eigenvalue weighted by Gasteiger charge is -2.34. The molecule has 0 N–H and O–H groups in total. The van der Waals surface area contributed by atoms with E-state index < -0.39 is 0 Å². The van der Waals surface area contributed by atoms with Crippen LogP contribution in [0.25, 0.3) is 10.8 Å². The molecule has 1 heterocycles. The highest BCUT2D eigenvalue weighted by molar-refractivity contribution is 5.99. The Hall–Kier alpha value is -3.12. The molecule has 3 nitrogen and oxygen atoms in total. The number of carbonyl (C=O) groups is 1. The summed E-state index contributed by atoms with van der Waals surface area (Å²) in [6.45, 7) is 1.72. The maximum absolute atomic E-state index is 12.7. The maximum atomic E-state index is 12.7. The summed E-state index contributed by atoms with van der Waals surface area (Å²) in [5.41, 5.74) is 2.68. The SMILES string of the molecule is N#Cc1ccc(N2CCC(C(=O)c3ccccc3)CC2)c2ccccc12. The first kappa shape index (κ1) is 16.4. The Balaban J connectivity index is 1.55. The van der Waals surface area contributed by atoms with Gasteiger partial charge in [-0.05, 0) is 25.0 Å². The number of rotatable bonds is 3. The Morgan fingerprint density at radius 3 is 2.23 bits per heavy atom. The number of benzene rings is 3. The summed E-state index contributed by atoms with van der Waals surface area (Å²) >= 11 is 0. The number of fused-ring (bicyclic) bond motifs is 1. The van der Waals surface area contributed by atoms with Crippen LogP contribution in [-0.2, 0) is 0 Å². The van der Waals surface area contributed by atoms with Gasteiger partial charge in [-0.2, -0.15) is 5.26 Å². The average Bonchev–Trinajstić information content (AvgIpc) is 2.73. The number of ketones is 1. The summed E-state index contributed by atoms with van der Waals surface area (Å²) in [6, 6.07) is 23.9. The molecule has 0 saturated carbocycles. The number of Topliss-reactive ketones (excluding diaryl/α,β-unsaturated/α-hetero) is 1. The van der Waals surface area contributed by atoms with Gasteiger partial charge in [0.25, 0.3) is 0 Å². The van der Waals surface area contributed by atoms with Crippen molar-refractivity contribution in [3.8, 4) is 6.07 Å². The molecule has 3 aromatic rings. The third-order valence-electron chi connectivity index (χ3n) is 5.29. The van der Waals surface area contributed by atoms with E-state index in [2.05, 4.69) is 17.0 Å². The van der Waals surface area contributed by atoms with Crippen LogP contribution >= 0.6 is 0 Å². The summed E-state index contributed by atoms with van der Waals surface area (Å²) in [5.74, 6) is 0.355. The van der Waals surface area contributed by atoms with Crippen LogP contribution in [0.5, 0.6) is 0 Å². The first-order chi connectivity index (χ1) is 12.8. The van der Waals surface area contributed by atoms with Gasteiger partial charge in [0.2, 0.25) is 0 Å². The van der Waals surface area contributed by atoms with Crippen LogP contribution in [0.2, 0.25) is 0 Å². The topological polar surface area (TPSA) is 44.1 Å². The second-order valence-electron chi connectivity index (χ2n) is 6.78. The Kier molecular flexibility index (Phi) is 4.41. The van der Waals surface area contributed by atoms with Crippen LogP contribution in [0.1, 0.15) is 28.8 Å². The fourth-order valence-electron chi connectivity index (χ4n) is 3.88. The Morgan fingerprint density at radius 1 is 0.885 bits per heavy atom. The van der Waals surface area contributed by atoms with Crippen LogP contribution in [0.15, 0.2) is 66.7 Å². The molecule has 0 aliphatic carbocycles. The van der Waals surface area contributed by atoms with Crippen molar-refractivity contribution in [1.29, 1.82) is 5.26 Å². The van der Waals surface area contributed by atoms with Crippen molar-refractivity contribution in [3.05, 3.63) is 77.9 Å². The predicted molar refractivity (Wildman–Crippen MR) is 104 cm³/mol. The molecule has 26 heavy (non-hydrogen) atoms. The van der Waals surface area contributed by atoms with Crippen molar-refractivity contribution < 1.29 is 4.79 Å². The van der Waals surface area contributed by atoms with Gasteiger partial charge in [-0.15, -0.1) is 0 Å². The van der Waals surface area contributed by atoms with Crippen molar-refractivity contribution in [3.63, 3.8) is 0 Å². The molecule has 0 spiro atoms. The minimum Gasteiger partial charge on any atom is -0.371 e.